The zero-order chi connectivity index (χ0) is 12.9. The number of nitrogens with zero attached hydrogens (tertiary/aromatic N) is 2. The first kappa shape index (κ1) is 12.2. The monoisotopic (exact) mass is 352 g/mol. The minimum atomic E-state index is 0.212. The number of imidazole rings is 1. The minimum absolute atomic E-state index is 0.212. The minimum Gasteiger partial charge on any atom is -0.291 e. The van der Waals surface area contributed by atoms with Crippen LogP contribution in [0.1, 0.15) is 27.2 Å². The molecular weight excluding hydrogens is 335 g/mol. The van der Waals surface area contributed by atoms with Crippen LogP contribution < -0.4 is 0 Å². The fourth-order valence-corrected chi connectivity index (χ4v) is 3.48. The molecule has 1 aromatic carbocycles. The molecule has 1 atom stereocenters. The van der Waals surface area contributed by atoms with Crippen molar-refractivity contribution in [3.05, 3.63) is 34.2 Å². The van der Waals surface area contributed by atoms with Crippen molar-refractivity contribution in [2.75, 3.05) is 0 Å². The van der Waals surface area contributed by atoms with Crippen LogP contribution in [-0.2, 0) is 0 Å². The number of hydrogen-bond donors (Lipinski definition) is 0. The third-order valence-corrected chi connectivity index (χ3v) is 5.04. The molecule has 3 rings (SSSR count). The van der Waals surface area contributed by atoms with Crippen molar-refractivity contribution in [2.24, 2.45) is 11.3 Å². The summed E-state index contributed by atoms with van der Waals surface area (Å²) in [6.07, 6.45) is 3.53. The van der Waals surface area contributed by atoms with E-state index < -0.39 is 0 Å². The summed E-state index contributed by atoms with van der Waals surface area (Å²) in [5.41, 5.74) is 3.91. The van der Waals surface area contributed by atoms with Gasteiger partial charge in [-0.3, -0.25) is 4.57 Å². The molecule has 0 saturated carbocycles. The predicted octanol–water partition coefficient (Wildman–Crippen LogP) is 4.55. The van der Waals surface area contributed by atoms with Gasteiger partial charge >= 0.3 is 0 Å². The molecule has 1 aliphatic carbocycles. The van der Waals surface area contributed by atoms with Crippen molar-refractivity contribution >= 4 is 39.3 Å². The van der Waals surface area contributed by atoms with Crippen molar-refractivity contribution in [3.8, 4) is 0 Å². The quantitative estimate of drug-likeness (QED) is 0.689. The highest BCUT2D eigenvalue weighted by Crippen LogP contribution is 2.46. The number of fused-ring (bicyclic) bond motifs is 1. The molecule has 1 aliphatic rings. The summed E-state index contributed by atoms with van der Waals surface area (Å²) in [5.74, 6) is 0.685. The number of rotatable bonds is 1. The molecule has 0 saturated heterocycles. The van der Waals surface area contributed by atoms with E-state index in [1.807, 2.05) is 6.07 Å². The number of allylic oxidation sites excluding steroid dienone is 2. The maximum Gasteiger partial charge on any atom is 0.176 e. The summed E-state index contributed by atoms with van der Waals surface area (Å²) < 4.78 is 3.38. The average molecular weight is 352 g/mol. The van der Waals surface area contributed by atoms with E-state index in [1.54, 1.807) is 0 Å². The second-order valence-corrected chi connectivity index (χ2v) is 6.62. The average Bonchev–Trinajstić information content (AvgIpc) is 2.77. The van der Waals surface area contributed by atoms with E-state index in [0.29, 0.717) is 5.92 Å². The normalized spacial score (nSPS) is 22.4. The van der Waals surface area contributed by atoms with Gasteiger partial charge in [0, 0.05) is 33.7 Å². The fraction of sp³-hybridized carbons (Fsp3) is 0.400. The number of halogens is 1. The molecule has 3 heteroatoms. The van der Waals surface area contributed by atoms with Crippen LogP contribution >= 0.6 is 22.6 Å². The third kappa shape index (κ3) is 1.63. The number of benzene rings is 1. The van der Waals surface area contributed by atoms with Gasteiger partial charge in [0.25, 0.3) is 0 Å². The van der Waals surface area contributed by atoms with Crippen LogP contribution in [-0.4, -0.2) is 9.55 Å². The highest BCUT2D eigenvalue weighted by molar-refractivity contribution is 14.1. The standard InChI is InChI=1S/C15H17IN2/c1-10-8-9-13(15(10,2)3)18-12-7-5-4-6-11(12)17-14(18)16/h4-7,9-10H,8H2,1-3H3. The van der Waals surface area contributed by atoms with Gasteiger partial charge in [0.1, 0.15) is 0 Å². The van der Waals surface area contributed by atoms with Gasteiger partial charge in [0.05, 0.1) is 11.0 Å². The molecule has 1 aromatic heterocycles. The van der Waals surface area contributed by atoms with Crippen LogP contribution in [0.25, 0.3) is 16.7 Å². The highest BCUT2D eigenvalue weighted by atomic mass is 127. The highest BCUT2D eigenvalue weighted by Gasteiger charge is 2.36. The van der Waals surface area contributed by atoms with E-state index in [2.05, 4.69) is 77.2 Å². The topological polar surface area (TPSA) is 17.8 Å². The second kappa shape index (κ2) is 4.08. The largest absolute Gasteiger partial charge is 0.291 e. The Bertz CT molecular complexity index is 637. The van der Waals surface area contributed by atoms with Crippen LogP contribution in [0.2, 0.25) is 0 Å². The molecule has 0 aliphatic heterocycles. The van der Waals surface area contributed by atoms with E-state index in [0.717, 1.165) is 15.8 Å². The SMILES string of the molecule is CC1CC=C(n2c(I)nc3ccccc32)C1(C)C. The Balaban J connectivity index is 2.24. The molecule has 2 nitrogen and oxygen atoms in total. The molecule has 0 bridgehead atoms. The van der Waals surface area contributed by atoms with Crippen LogP contribution in [0.5, 0.6) is 0 Å². The smallest absolute Gasteiger partial charge is 0.176 e. The lowest BCUT2D eigenvalue weighted by Gasteiger charge is -2.29. The van der Waals surface area contributed by atoms with Crippen molar-refractivity contribution in [1.82, 2.24) is 9.55 Å². The molecule has 0 N–H and O–H groups in total. The van der Waals surface area contributed by atoms with Gasteiger partial charge in [0.15, 0.2) is 3.83 Å². The Kier molecular flexibility index (Phi) is 2.77. The maximum atomic E-state index is 4.66. The summed E-state index contributed by atoms with van der Waals surface area (Å²) in [6, 6.07) is 8.37. The Morgan fingerprint density at radius 3 is 2.72 bits per heavy atom. The van der Waals surface area contributed by atoms with Crippen LogP contribution in [0.15, 0.2) is 30.3 Å². The first-order valence-corrected chi connectivity index (χ1v) is 7.43. The van der Waals surface area contributed by atoms with Gasteiger partial charge in [-0.25, -0.2) is 4.98 Å². The molecular formula is C15H17IN2. The number of hydrogen-bond acceptors (Lipinski definition) is 1. The summed E-state index contributed by atoms with van der Waals surface area (Å²) in [4.78, 5) is 4.66. The van der Waals surface area contributed by atoms with E-state index in [-0.39, 0.29) is 5.41 Å². The van der Waals surface area contributed by atoms with Crippen molar-refractivity contribution in [1.29, 1.82) is 0 Å². The zero-order valence-electron chi connectivity index (χ0n) is 10.9. The summed E-state index contributed by atoms with van der Waals surface area (Å²) in [5, 5.41) is 0. The molecule has 1 heterocycles. The zero-order valence-corrected chi connectivity index (χ0v) is 13.1. The van der Waals surface area contributed by atoms with Gasteiger partial charge in [0.2, 0.25) is 0 Å². The van der Waals surface area contributed by atoms with Gasteiger partial charge in [-0.15, -0.1) is 0 Å². The Hall–Kier alpha value is -0.840. The summed E-state index contributed by atoms with van der Waals surface area (Å²) in [6.45, 7) is 7.00. The van der Waals surface area contributed by atoms with Gasteiger partial charge < -0.3 is 0 Å². The second-order valence-electron chi connectivity index (χ2n) is 5.65. The molecule has 0 fully saturated rings. The predicted molar refractivity (Wildman–Crippen MR) is 84.3 cm³/mol. The van der Waals surface area contributed by atoms with Crippen LogP contribution in [0.4, 0.5) is 0 Å². The summed E-state index contributed by atoms with van der Waals surface area (Å²) in [7, 11) is 0. The van der Waals surface area contributed by atoms with Gasteiger partial charge in [-0.2, -0.15) is 0 Å². The molecule has 0 spiro atoms. The van der Waals surface area contributed by atoms with Crippen molar-refractivity contribution in [2.45, 2.75) is 27.2 Å². The first-order valence-electron chi connectivity index (χ1n) is 6.36. The van der Waals surface area contributed by atoms with E-state index in [1.165, 1.54) is 11.2 Å². The molecule has 0 amide bonds. The molecule has 0 radical (unpaired) electrons. The lowest BCUT2D eigenvalue weighted by molar-refractivity contribution is 0.338. The fourth-order valence-electron chi connectivity index (χ4n) is 2.70. The van der Waals surface area contributed by atoms with E-state index in [9.17, 15) is 0 Å². The van der Waals surface area contributed by atoms with Crippen LogP contribution in [0, 0.1) is 15.2 Å². The van der Waals surface area contributed by atoms with Gasteiger partial charge in [-0.05, 0) is 24.5 Å². The number of aromatic nitrogens is 2. The van der Waals surface area contributed by atoms with E-state index >= 15 is 0 Å². The van der Waals surface area contributed by atoms with Crippen molar-refractivity contribution < 1.29 is 0 Å². The van der Waals surface area contributed by atoms with E-state index in [4.69, 9.17) is 0 Å². The Morgan fingerprint density at radius 1 is 1.33 bits per heavy atom. The molecule has 1 unspecified atom stereocenters. The maximum absolute atomic E-state index is 4.66. The number of para-hydroxylation sites is 2. The Morgan fingerprint density at radius 2 is 2.06 bits per heavy atom. The molecule has 2 aromatic rings. The van der Waals surface area contributed by atoms with Crippen LogP contribution in [0.3, 0.4) is 0 Å². The van der Waals surface area contributed by atoms with Gasteiger partial charge in [-0.1, -0.05) is 39.0 Å². The Labute approximate surface area is 121 Å². The third-order valence-electron chi connectivity index (χ3n) is 4.32. The molecule has 94 valence electrons. The molecule has 18 heavy (non-hydrogen) atoms. The summed E-state index contributed by atoms with van der Waals surface area (Å²) >= 11 is 2.34. The first-order chi connectivity index (χ1) is 8.51. The lowest BCUT2D eigenvalue weighted by Crippen LogP contribution is -2.21. The van der Waals surface area contributed by atoms with Crippen molar-refractivity contribution in [3.63, 3.8) is 0 Å². The lowest BCUT2D eigenvalue weighted by atomic mass is 9.81.